The van der Waals surface area contributed by atoms with Gasteiger partial charge in [0.05, 0.1) is 11.9 Å². The van der Waals surface area contributed by atoms with Crippen molar-refractivity contribution in [2.75, 3.05) is 10.3 Å². The Bertz CT molecular complexity index is 1020. The zero-order valence-corrected chi connectivity index (χ0v) is 15.7. The predicted molar refractivity (Wildman–Crippen MR) is 119 cm³/mol. The van der Waals surface area contributed by atoms with Gasteiger partial charge < -0.3 is 4.90 Å². The Hall–Kier alpha value is -3.92. The number of nitrogens with one attached hydrogen (secondary N) is 1. The Morgan fingerprint density at radius 1 is 0.621 bits per heavy atom. The van der Waals surface area contributed by atoms with Gasteiger partial charge >= 0.3 is 0 Å². The van der Waals surface area contributed by atoms with Gasteiger partial charge in [0.25, 0.3) is 0 Å². The maximum atomic E-state index is 13.0. The molecule has 3 nitrogen and oxygen atoms in total. The highest BCUT2D eigenvalue weighted by atomic mass is 19.1. The number of hydrazone groups is 1. The second-order valence-corrected chi connectivity index (χ2v) is 6.47. The fourth-order valence-electron chi connectivity index (χ4n) is 3.02. The predicted octanol–water partition coefficient (Wildman–Crippen LogP) is 6.74. The first-order chi connectivity index (χ1) is 14.3. The van der Waals surface area contributed by atoms with Crippen LogP contribution in [0.4, 0.5) is 27.1 Å². The summed E-state index contributed by atoms with van der Waals surface area (Å²) in [6.07, 6.45) is 1.74. The van der Waals surface area contributed by atoms with Crippen molar-refractivity contribution in [1.29, 1.82) is 0 Å². The molecule has 0 amide bonds. The summed E-state index contributed by atoms with van der Waals surface area (Å²) in [4.78, 5) is 2.21. The van der Waals surface area contributed by atoms with Crippen LogP contribution < -0.4 is 10.3 Å². The summed E-state index contributed by atoms with van der Waals surface area (Å²) in [6, 6.07) is 34.8. The van der Waals surface area contributed by atoms with Gasteiger partial charge in [0.1, 0.15) is 5.82 Å². The molecule has 0 aliphatic rings. The van der Waals surface area contributed by atoms with E-state index in [1.807, 2.05) is 48.5 Å². The van der Waals surface area contributed by atoms with Crippen LogP contribution in [-0.2, 0) is 0 Å². The van der Waals surface area contributed by atoms with Gasteiger partial charge in [-0.15, -0.1) is 0 Å². The molecule has 4 aromatic carbocycles. The number of benzene rings is 4. The van der Waals surface area contributed by atoms with Gasteiger partial charge in [-0.3, -0.25) is 5.43 Å². The van der Waals surface area contributed by atoms with E-state index in [9.17, 15) is 4.39 Å². The van der Waals surface area contributed by atoms with Crippen molar-refractivity contribution in [2.45, 2.75) is 0 Å². The summed E-state index contributed by atoms with van der Waals surface area (Å²) in [6.45, 7) is 0. The van der Waals surface area contributed by atoms with Crippen molar-refractivity contribution < 1.29 is 4.39 Å². The highest BCUT2D eigenvalue weighted by Gasteiger charge is 2.11. The molecular formula is C25H20FN3. The van der Waals surface area contributed by atoms with Crippen molar-refractivity contribution in [3.63, 3.8) is 0 Å². The number of para-hydroxylation sites is 2. The molecule has 142 valence electrons. The van der Waals surface area contributed by atoms with Crippen LogP contribution in [0.25, 0.3) is 0 Å². The lowest BCUT2D eigenvalue weighted by Crippen LogP contribution is -2.09. The molecule has 0 aliphatic carbocycles. The van der Waals surface area contributed by atoms with E-state index in [-0.39, 0.29) is 5.82 Å². The van der Waals surface area contributed by atoms with Crippen molar-refractivity contribution in [1.82, 2.24) is 0 Å². The van der Waals surface area contributed by atoms with Gasteiger partial charge in [0.2, 0.25) is 0 Å². The molecule has 29 heavy (non-hydrogen) atoms. The third-order valence-electron chi connectivity index (χ3n) is 4.43. The molecular weight excluding hydrogens is 361 g/mol. The lowest BCUT2D eigenvalue weighted by molar-refractivity contribution is 0.628. The van der Waals surface area contributed by atoms with Gasteiger partial charge in [-0.2, -0.15) is 5.10 Å². The van der Waals surface area contributed by atoms with E-state index in [1.165, 1.54) is 12.1 Å². The Labute approximate surface area is 169 Å². The van der Waals surface area contributed by atoms with Crippen LogP contribution in [0.2, 0.25) is 0 Å². The number of nitrogens with zero attached hydrogens (tertiary/aromatic N) is 2. The van der Waals surface area contributed by atoms with Gasteiger partial charge in [-0.1, -0.05) is 48.5 Å². The normalized spacial score (nSPS) is 10.8. The monoisotopic (exact) mass is 381 g/mol. The molecule has 4 heteroatoms. The molecule has 1 N–H and O–H groups in total. The van der Waals surface area contributed by atoms with Crippen molar-refractivity contribution in [3.8, 4) is 0 Å². The van der Waals surface area contributed by atoms with Crippen LogP contribution in [0.1, 0.15) is 5.56 Å². The first kappa shape index (κ1) is 18.4. The molecule has 0 radical (unpaired) electrons. The molecule has 0 unspecified atom stereocenters. The van der Waals surface area contributed by atoms with E-state index in [1.54, 1.807) is 18.3 Å². The van der Waals surface area contributed by atoms with E-state index in [2.05, 4.69) is 51.8 Å². The zero-order valence-electron chi connectivity index (χ0n) is 15.7. The summed E-state index contributed by atoms with van der Waals surface area (Å²) < 4.78 is 13.0. The third-order valence-corrected chi connectivity index (χ3v) is 4.43. The third kappa shape index (κ3) is 4.68. The van der Waals surface area contributed by atoms with E-state index < -0.39 is 0 Å². The summed E-state index contributed by atoms with van der Waals surface area (Å²) in [7, 11) is 0. The lowest BCUT2D eigenvalue weighted by atomic mass is 10.1. The van der Waals surface area contributed by atoms with Crippen LogP contribution in [0.15, 0.2) is 114 Å². The Morgan fingerprint density at radius 2 is 1.14 bits per heavy atom. The Balaban J connectivity index is 1.54. The number of hydrogen-bond acceptors (Lipinski definition) is 3. The number of rotatable bonds is 6. The standard InChI is InChI=1S/C25H20FN3/c26-21-13-15-22(16-14-21)28-27-19-20-11-17-25(18-12-20)29(23-7-3-1-4-8-23)24-9-5-2-6-10-24/h1-19,28H/b27-19-. The molecule has 0 heterocycles. The van der Waals surface area contributed by atoms with Gasteiger partial charge in [0.15, 0.2) is 0 Å². The number of hydrogen-bond donors (Lipinski definition) is 1. The highest BCUT2D eigenvalue weighted by Crippen LogP contribution is 2.33. The summed E-state index contributed by atoms with van der Waals surface area (Å²) >= 11 is 0. The fourth-order valence-corrected chi connectivity index (χ4v) is 3.02. The lowest BCUT2D eigenvalue weighted by Gasteiger charge is -2.25. The van der Waals surface area contributed by atoms with Crippen molar-refractivity contribution in [3.05, 3.63) is 121 Å². The molecule has 0 atom stereocenters. The molecule has 0 bridgehead atoms. The number of anilines is 4. The minimum atomic E-state index is -0.267. The summed E-state index contributed by atoms with van der Waals surface area (Å²) in [5.74, 6) is -0.267. The fraction of sp³-hybridized carbons (Fsp3) is 0. The van der Waals surface area contributed by atoms with Gasteiger partial charge in [-0.05, 0) is 66.2 Å². The minimum Gasteiger partial charge on any atom is -0.311 e. The van der Waals surface area contributed by atoms with Gasteiger partial charge in [-0.25, -0.2) is 4.39 Å². The minimum absolute atomic E-state index is 0.267. The van der Waals surface area contributed by atoms with Crippen LogP contribution in [0.5, 0.6) is 0 Å². The molecule has 4 rings (SSSR count). The molecule has 0 saturated heterocycles. The largest absolute Gasteiger partial charge is 0.311 e. The summed E-state index contributed by atoms with van der Waals surface area (Å²) in [5, 5.41) is 4.22. The van der Waals surface area contributed by atoms with Crippen LogP contribution >= 0.6 is 0 Å². The average Bonchev–Trinajstić information content (AvgIpc) is 2.78. The van der Waals surface area contributed by atoms with Crippen LogP contribution in [-0.4, -0.2) is 6.21 Å². The molecule has 0 spiro atoms. The van der Waals surface area contributed by atoms with Crippen LogP contribution in [0.3, 0.4) is 0 Å². The Morgan fingerprint density at radius 3 is 1.69 bits per heavy atom. The summed E-state index contributed by atoms with van der Waals surface area (Å²) in [5.41, 5.74) is 7.85. The highest BCUT2D eigenvalue weighted by molar-refractivity contribution is 5.83. The van der Waals surface area contributed by atoms with E-state index in [4.69, 9.17) is 0 Å². The van der Waals surface area contributed by atoms with Crippen molar-refractivity contribution >= 4 is 29.0 Å². The average molecular weight is 381 g/mol. The SMILES string of the molecule is Fc1ccc(N/N=C\c2ccc(N(c3ccccc3)c3ccccc3)cc2)cc1. The second-order valence-electron chi connectivity index (χ2n) is 6.47. The molecule has 0 saturated carbocycles. The first-order valence-corrected chi connectivity index (χ1v) is 9.34. The number of halogens is 1. The van der Waals surface area contributed by atoms with E-state index in [0.717, 1.165) is 28.3 Å². The maximum absolute atomic E-state index is 13.0. The quantitative estimate of drug-likeness (QED) is 0.296. The van der Waals surface area contributed by atoms with Crippen LogP contribution in [0, 0.1) is 5.82 Å². The van der Waals surface area contributed by atoms with Crippen molar-refractivity contribution in [2.24, 2.45) is 5.10 Å². The molecule has 0 aromatic heterocycles. The molecule has 4 aromatic rings. The van der Waals surface area contributed by atoms with Gasteiger partial charge in [0, 0.05) is 17.1 Å². The maximum Gasteiger partial charge on any atom is 0.123 e. The second kappa shape index (κ2) is 8.85. The van der Waals surface area contributed by atoms with E-state index in [0.29, 0.717) is 0 Å². The molecule has 0 fully saturated rings. The first-order valence-electron chi connectivity index (χ1n) is 9.34. The van der Waals surface area contributed by atoms with E-state index >= 15 is 0 Å². The molecule has 0 aliphatic heterocycles. The zero-order chi connectivity index (χ0) is 19.9. The topological polar surface area (TPSA) is 27.6 Å². The Kier molecular flexibility index (Phi) is 5.63. The smallest absolute Gasteiger partial charge is 0.123 e.